The molecule has 2 aromatic rings. The summed E-state index contributed by atoms with van der Waals surface area (Å²) in [6.45, 7) is 3.83. The van der Waals surface area contributed by atoms with E-state index in [4.69, 9.17) is 5.73 Å². The summed E-state index contributed by atoms with van der Waals surface area (Å²) in [5, 5.41) is 0. The fourth-order valence-electron chi connectivity index (χ4n) is 1.56. The molecule has 1 aromatic heterocycles. The van der Waals surface area contributed by atoms with Crippen molar-refractivity contribution in [2.45, 2.75) is 25.8 Å². The zero-order chi connectivity index (χ0) is 11.1. The van der Waals surface area contributed by atoms with Crippen LogP contribution >= 0.6 is 0 Å². The van der Waals surface area contributed by atoms with Crippen molar-refractivity contribution in [1.29, 1.82) is 0 Å². The fourth-order valence-corrected chi connectivity index (χ4v) is 1.56. The zero-order valence-corrected chi connectivity index (χ0v) is 8.84. The van der Waals surface area contributed by atoms with E-state index in [2.05, 4.69) is 9.97 Å². The van der Waals surface area contributed by atoms with E-state index >= 15 is 0 Å². The second-order valence-corrected chi connectivity index (χ2v) is 4.48. The van der Waals surface area contributed by atoms with Crippen molar-refractivity contribution < 1.29 is 4.39 Å². The lowest BCUT2D eigenvalue weighted by atomic mass is 10.0. The van der Waals surface area contributed by atoms with Gasteiger partial charge < -0.3 is 10.7 Å². The number of aromatic nitrogens is 2. The van der Waals surface area contributed by atoms with Gasteiger partial charge in [0.25, 0.3) is 0 Å². The first-order valence-corrected chi connectivity index (χ1v) is 4.88. The third kappa shape index (κ3) is 2.15. The van der Waals surface area contributed by atoms with Crippen molar-refractivity contribution in [3.05, 3.63) is 29.8 Å². The van der Waals surface area contributed by atoms with Gasteiger partial charge >= 0.3 is 0 Å². The molecule has 1 aromatic carbocycles. The predicted octanol–water partition coefficient (Wildman–Crippen LogP) is 1.98. The molecule has 0 aliphatic rings. The number of fused-ring (bicyclic) bond motifs is 1. The Labute approximate surface area is 87.5 Å². The Bertz CT molecular complexity index is 482. The summed E-state index contributed by atoms with van der Waals surface area (Å²) >= 11 is 0. The van der Waals surface area contributed by atoms with Gasteiger partial charge in [-0.25, -0.2) is 9.37 Å². The van der Waals surface area contributed by atoms with E-state index < -0.39 is 0 Å². The average Bonchev–Trinajstić information content (AvgIpc) is 2.45. The minimum Gasteiger partial charge on any atom is -0.342 e. The van der Waals surface area contributed by atoms with E-state index in [1.165, 1.54) is 6.07 Å². The van der Waals surface area contributed by atoms with Gasteiger partial charge in [-0.15, -0.1) is 0 Å². The van der Waals surface area contributed by atoms with Crippen LogP contribution in [0, 0.1) is 5.82 Å². The largest absolute Gasteiger partial charge is 0.342 e. The summed E-state index contributed by atoms with van der Waals surface area (Å²) in [7, 11) is 0. The first-order valence-electron chi connectivity index (χ1n) is 4.88. The van der Waals surface area contributed by atoms with Crippen LogP contribution in [0.15, 0.2) is 18.2 Å². The molecular formula is C11H14FN3. The molecule has 0 aliphatic carbocycles. The van der Waals surface area contributed by atoms with Crippen molar-refractivity contribution in [3.8, 4) is 0 Å². The van der Waals surface area contributed by atoms with E-state index in [0.717, 1.165) is 5.82 Å². The van der Waals surface area contributed by atoms with E-state index in [1.807, 2.05) is 13.8 Å². The van der Waals surface area contributed by atoms with Crippen LogP contribution in [0.4, 0.5) is 4.39 Å². The molecule has 0 amide bonds. The third-order valence-electron chi connectivity index (χ3n) is 2.14. The molecule has 3 N–H and O–H groups in total. The molecule has 0 bridgehead atoms. The molecule has 0 saturated carbocycles. The van der Waals surface area contributed by atoms with Gasteiger partial charge in [-0.05, 0) is 26.0 Å². The number of nitrogens with one attached hydrogen (secondary N) is 1. The number of para-hydroxylation sites is 1. The number of hydrogen-bond acceptors (Lipinski definition) is 2. The van der Waals surface area contributed by atoms with Crippen molar-refractivity contribution in [1.82, 2.24) is 9.97 Å². The van der Waals surface area contributed by atoms with Crippen LogP contribution in [0.3, 0.4) is 0 Å². The van der Waals surface area contributed by atoms with Crippen molar-refractivity contribution in [2.24, 2.45) is 5.73 Å². The minimum absolute atomic E-state index is 0.301. The van der Waals surface area contributed by atoms with Gasteiger partial charge in [0.05, 0.1) is 5.52 Å². The number of hydrogen-bond donors (Lipinski definition) is 2. The Morgan fingerprint density at radius 3 is 2.80 bits per heavy atom. The molecule has 0 aliphatic heterocycles. The smallest absolute Gasteiger partial charge is 0.151 e. The van der Waals surface area contributed by atoms with Crippen LogP contribution in [-0.2, 0) is 6.42 Å². The average molecular weight is 207 g/mol. The minimum atomic E-state index is -0.343. The number of H-pyrrole nitrogens is 1. The summed E-state index contributed by atoms with van der Waals surface area (Å²) in [4.78, 5) is 7.25. The molecule has 0 spiro atoms. The maximum Gasteiger partial charge on any atom is 0.151 e. The van der Waals surface area contributed by atoms with Crippen LogP contribution in [0.1, 0.15) is 19.7 Å². The number of halogens is 1. The molecule has 2 rings (SSSR count). The normalized spacial score (nSPS) is 12.3. The molecule has 80 valence electrons. The summed E-state index contributed by atoms with van der Waals surface area (Å²) in [5.41, 5.74) is 6.63. The maximum absolute atomic E-state index is 13.3. The van der Waals surface area contributed by atoms with Crippen molar-refractivity contribution in [3.63, 3.8) is 0 Å². The van der Waals surface area contributed by atoms with Gasteiger partial charge in [-0.2, -0.15) is 0 Å². The highest BCUT2D eigenvalue weighted by Gasteiger charge is 2.15. The van der Waals surface area contributed by atoms with Gasteiger partial charge in [0, 0.05) is 12.0 Å². The Morgan fingerprint density at radius 1 is 1.47 bits per heavy atom. The van der Waals surface area contributed by atoms with Crippen LogP contribution in [0.5, 0.6) is 0 Å². The molecule has 1 heterocycles. The molecule has 0 fully saturated rings. The fraction of sp³-hybridized carbons (Fsp3) is 0.364. The van der Waals surface area contributed by atoms with Crippen LogP contribution < -0.4 is 5.73 Å². The van der Waals surface area contributed by atoms with Crippen molar-refractivity contribution >= 4 is 11.0 Å². The first-order chi connectivity index (χ1) is 6.96. The second kappa shape index (κ2) is 3.31. The van der Waals surface area contributed by atoms with Gasteiger partial charge in [0.15, 0.2) is 5.82 Å². The molecule has 0 saturated heterocycles. The molecule has 3 nitrogen and oxygen atoms in total. The quantitative estimate of drug-likeness (QED) is 0.791. The molecular weight excluding hydrogens is 193 g/mol. The van der Waals surface area contributed by atoms with Crippen LogP contribution in [-0.4, -0.2) is 15.5 Å². The van der Waals surface area contributed by atoms with E-state index in [1.54, 1.807) is 12.1 Å². The number of nitrogens with zero attached hydrogens (tertiary/aromatic N) is 1. The molecule has 0 atom stereocenters. The van der Waals surface area contributed by atoms with Gasteiger partial charge in [-0.1, -0.05) is 6.07 Å². The highest BCUT2D eigenvalue weighted by Crippen LogP contribution is 2.16. The standard InChI is InChI=1S/C11H14FN3/c1-11(2,13)6-9-14-8-5-3-4-7(12)10(8)15-9/h3-5H,6,13H2,1-2H3,(H,14,15). The molecule has 0 unspecified atom stereocenters. The Balaban J connectivity index is 2.44. The van der Waals surface area contributed by atoms with Crippen LogP contribution in [0.25, 0.3) is 11.0 Å². The summed E-state index contributed by atoms with van der Waals surface area (Å²) in [6.07, 6.45) is 0.598. The summed E-state index contributed by atoms with van der Waals surface area (Å²) < 4.78 is 13.3. The number of imidazole rings is 1. The number of benzene rings is 1. The van der Waals surface area contributed by atoms with E-state index in [0.29, 0.717) is 17.5 Å². The number of aromatic amines is 1. The topological polar surface area (TPSA) is 54.7 Å². The lowest BCUT2D eigenvalue weighted by molar-refractivity contribution is 0.505. The van der Waals surface area contributed by atoms with E-state index in [-0.39, 0.29) is 11.4 Å². The molecule has 4 heteroatoms. The van der Waals surface area contributed by atoms with E-state index in [9.17, 15) is 4.39 Å². The summed E-state index contributed by atoms with van der Waals surface area (Å²) in [5.74, 6) is 0.424. The predicted molar refractivity (Wildman–Crippen MR) is 58.0 cm³/mol. The molecule has 15 heavy (non-hydrogen) atoms. The third-order valence-corrected chi connectivity index (χ3v) is 2.14. The number of nitrogens with two attached hydrogens (primary N) is 1. The monoisotopic (exact) mass is 207 g/mol. The van der Waals surface area contributed by atoms with Gasteiger partial charge in [-0.3, -0.25) is 0 Å². The van der Waals surface area contributed by atoms with Gasteiger partial charge in [0.1, 0.15) is 11.3 Å². The molecule has 0 radical (unpaired) electrons. The summed E-state index contributed by atoms with van der Waals surface area (Å²) in [6, 6.07) is 4.87. The SMILES string of the molecule is CC(C)(N)Cc1nc2c(F)cccc2[nH]1. The first kappa shape index (κ1) is 10.1. The van der Waals surface area contributed by atoms with Gasteiger partial charge in [0.2, 0.25) is 0 Å². The maximum atomic E-state index is 13.3. The Morgan fingerprint density at radius 2 is 2.20 bits per heavy atom. The lowest BCUT2D eigenvalue weighted by Gasteiger charge is -2.15. The number of rotatable bonds is 2. The Hall–Kier alpha value is -1.42. The second-order valence-electron chi connectivity index (χ2n) is 4.48. The zero-order valence-electron chi connectivity index (χ0n) is 8.84. The van der Waals surface area contributed by atoms with Crippen LogP contribution in [0.2, 0.25) is 0 Å². The lowest BCUT2D eigenvalue weighted by Crippen LogP contribution is -2.34. The highest BCUT2D eigenvalue weighted by atomic mass is 19.1. The Kier molecular flexibility index (Phi) is 2.23. The highest BCUT2D eigenvalue weighted by molar-refractivity contribution is 5.75. The van der Waals surface area contributed by atoms with Crippen molar-refractivity contribution in [2.75, 3.05) is 0 Å².